The number of phosphoric ester groups is 1. The van der Waals surface area contributed by atoms with Crippen LogP contribution in [-0.2, 0) is 32.7 Å². The van der Waals surface area contributed by atoms with Gasteiger partial charge in [0, 0.05) is 19.4 Å². The monoisotopic (exact) mass is 866 g/mol. The maximum atomic E-state index is 12.6. The molecule has 0 aliphatic heterocycles. The van der Waals surface area contributed by atoms with Crippen LogP contribution in [0.15, 0.2) is 60.8 Å². The number of nitrogens with two attached hydrogens (primary N) is 1. The molecule has 0 saturated carbocycles. The number of rotatable bonds is 44. The lowest BCUT2D eigenvalue weighted by molar-refractivity contribution is -0.161. The molecule has 3 atom stereocenters. The van der Waals surface area contributed by atoms with E-state index in [1.165, 1.54) is 116 Å². The van der Waals surface area contributed by atoms with E-state index in [1.54, 1.807) is 6.08 Å². The van der Waals surface area contributed by atoms with Crippen molar-refractivity contribution in [2.45, 2.75) is 212 Å². The molecule has 4 N–H and O–H groups in total. The maximum absolute atomic E-state index is 12.6. The molecular weight excluding hydrogens is 778 g/mol. The van der Waals surface area contributed by atoms with E-state index < -0.39 is 38.6 Å². The van der Waals surface area contributed by atoms with Crippen molar-refractivity contribution >= 4 is 19.8 Å². The number of hydrogen-bond acceptors (Lipinski definition) is 9. The van der Waals surface area contributed by atoms with E-state index in [4.69, 9.17) is 24.3 Å². The highest BCUT2D eigenvalue weighted by atomic mass is 31.2. The molecule has 0 radical (unpaired) electrons. The maximum Gasteiger partial charge on any atom is 0.472 e. The first-order valence-corrected chi connectivity index (χ1v) is 25.4. The van der Waals surface area contributed by atoms with Crippen molar-refractivity contribution in [2.24, 2.45) is 5.73 Å². The Labute approximate surface area is 366 Å². The fraction of sp³-hybridized carbons (Fsp3) is 0.755. The lowest BCUT2D eigenvalue weighted by atomic mass is 10.0. The minimum atomic E-state index is -4.41. The van der Waals surface area contributed by atoms with Crippen LogP contribution in [0.1, 0.15) is 200 Å². The first-order valence-electron chi connectivity index (χ1n) is 23.9. The van der Waals surface area contributed by atoms with Crippen LogP contribution in [0.2, 0.25) is 0 Å². The van der Waals surface area contributed by atoms with Crippen molar-refractivity contribution < 1.29 is 42.7 Å². The van der Waals surface area contributed by atoms with Gasteiger partial charge in [-0.15, -0.1) is 0 Å². The first-order chi connectivity index (χ1) is 29.2. The second-order valence-corrected chi connectivity index (χ2v) is 17.3. The van der Waals surface area contributed by atoms with Crippen molar-refractivity contribution in [1.29, 1.82) is 0 Å². The molecule has 348 valence electrons. The standard InChI is InChI=1S/C49H88NO9P/c1-3-5-7-9-11-12-13-14-15-16-17-18-19-20-21-22-23-24-28-33-37-41-49(53)59-47(45-58-60(54,55)57-43-42-50)44-56-48(52)40-36-32-29-25-27-31-35-39-46(51)38-34-30-26-10-8-6-4-2/h14-15,25-26,29-31,34-35,38,46-47,51H,3-13,16-24,27-28,32-33,36-37,39-45,50H2,1-2H3,(H,54,55)/b15-14-,29-25+,30-26-,35-31-,38-34-/t46-,47-/m1/s1. The first kappa shape index (κ1) is 57.7. The zero-order valence-corrected chi connectivity index (χ0v) is 38.9. The molecule has 60 heavy (non-hydrogen) atoms. The summed E-state index contributed by atoms with van der Waals surface area (Å²) in [5, 5.41) is 10.1. The molecule has 0 heterocycles. The highest BCUT2D eigenvalue weighted by Crippen LogP contribution is 2.43. The summed E-state index contributed by atoms with van der Waals surface area (Å²) >= 11 is 0. The van der Waals surface area contributed by atoms with Crippen LogP contribution in [0.5, 0.6) is 0 Å². The Hall–Kier alpha value is -2.33. The average Bonchev–Trinajstić information content (AvgIpc) is 3.23. The molecule has 0 aromatic rings. The highest BCUT2D eigenvalue weighted by molar-refractivity contribution is 7.47. The third-order valence-electron chi connectivity index (χ3n) is 9.96. The third kappa shape index (κ3) is 43.7. The molecule has 0 rings (SSSR count). The van der Waals surface area contributed by atoms with Gasteiger partial charge in [0.25, 0.3) is 0 Å². The summed E-state index contributed by atoms with van der Waals surface area (Å²) in [6.07, 6.45) is 50.0. The van der Waals surface area contributed by atoms with Gasteiger partial charge in [0.2, 0.25) is 0 Å². The summed E-state index contributed by atoms with van der Waals surface area (Å²) < 4.78 is 32.8. The summed E-state index contributed by atoms with van der Waals surface area (Å²) in [4.78, 5) is 34.9. The molecular formula is C49H88NO9P. The zero-order chi connectivity index (χ0) is 44.0. The number of ether oxygens (including phenoxy) is 2. The van der Waals surface area contributed by atoms with Gasteiger partial charge < -0.3 is 25.2 Å². The predicted octanol–water partition coefficient (Wildman–Crippen LogP) is 13.0. The summed E-state index contributed by atoms with van der Waals surface area (Å²) in [7, 11) is -4.41. The van der Waals surface area contributed by atoms with Gasteiger partial charge >= 0.3 is 19.8 Å². The van der Waals surface area contributed by atoms with Crippen LogP contribution in [0.4, 0.5) is 0 Å². The van der Waals surface area contributed by atoms with Crippen LogP contribution >= 0.6 is 7.82 Å². The van der Waals surface area contributed by atoms with E-state index in [-0.39, 0.29) is 32.6 Å². The minimum absolute atomic E-state index is 0.0348. The zero-order valence-electron chi connectivity index (χ0n) is 38.0. The van der Waals surface area contributed by atoms with Gasteiger partial charge in [-0.05, 0) is 70.6 Å². The number of aliphatic hydroxyl groups is 1. The summed E-state index contributed by atoms with van der Waals surface area (Å²) in [6.45, 7) is 3.55. The molecule has 10 nitrogen and oxygen atoms in total. The smallest absolute Gasteiger partial charge is 0.462 e. The molecule has 0 aliphatic rings. The van der Waals surface area contributed by atoms with Crippen LogP contribution in [0, 0.1) is 0 Å². The molecule has 11 heteroatoms. The van der Waals surface area contributed by atoms with Crippen LogP contribution in [-0.4, -0.2) is 60.5 Å². The molecule has 0 amide bonds. The number of carbonyl (C=O) groups is 2. The fourth-order valence-electron chi connectivity index (χ4n) is 6.35. The molecule has 0 saturated heterocycles. The molecule has 0 spiro atoms. The van der Waals surface area contributed by atoms with Crippen molar-refractivity contribution in [3.05, 3.63) is 60.8 Å². The van der Waals surface area contributed by atoms with Crippen LogP contribution < -0.4 is 5.73 Å². The average molecular weight is 866 g/mol. The normalized spacial score (nSPS) is 14.3. The Morgan fingerprint density at radius 1 is 0.583 bits per heavy atom. The van der Waals surface area contributed by atoms with Crippen molar-refractivity contribution in [2.75, 3.05) is 26.4 Å². The molecule has 0 fully saturated rings. The lowest BCUT2D eigenvalue weighted by Crippen LogP contribution is -2.29. The Balaban J connectivity index is 4.21. The Bertz CT molecular complexity index is 1190. The number of phosphoric acid groups is 1. The molecule has 1 unspecified atom stereocenters. The SMILES string of the molecule is CCCCC/C=C\C=C/[C@@H](O)C/C=C\C/C=C/CCCC(=O)OC[C@H](COP(=O)(O)OCCN)OC(=O)CCCCCCCCCCCCC/C=C\CCCCCCCC. The predicted molar refractivity (Wildman–Crippen MR) is 249 cm³/mol. The summed E-state index contributed by atoms with van der Waals surface area (Å²) in [6, 6.07) is 0. The molecule has 0 aliphatic carbocycles. The summed E-state index contributed by atoms with van der Waals surface area (Å²) in [5.74, 6) is -0.936. The van der Waals surface area contributed by atoms with Gasteiger partial charge in [-0.25, -0.2) is 4.57 Å². The van der Waals surface area contributed by atoms with Gasteiger partial charge in [-0.2, -0.15) is 0 Å². The molecule has 0 aromatic carbocycles. The highest BCUT2D eigenvalue weighted by Gasteiger charge is 2.26. The van der Waals surface area contributed by atoms with Crippen LogP contribution in [0.3, 0.4) is 0 Å². The Morgan fingerprint density at radius 2 is 1.08 bits per heavy atom. The second-order valence-electron chi connectivity index (χ2n) is 15.8. The lowest BCUT2D eigenvalue weighted by Gasteiger charge is -2.19. The number of esters is 2. The van der Waals surface area contributed by atoms with Crippen molar-refractivity contribution in [3.8, 4) is 0 Å². The quantitative estimate of drug-likeness (QED) is 0.0177. The Morgan fingerprint density at radius 3 is 1.72 bits per heavy atom. The van der Waals surface area contributed by atoms with Gasteiger partial charge in [-0.3, -0.25) is 18.6 Å². The minimum Gasteiger partial charge on any atom is -0.462 e. The Kier molecular flexibility index (Phi) is 43.0. The number of hydrogen-bond donors (Lipinski definition) is 3. The molecule has 0 bridgehead atoms. The van der Waals surface area contributed by atoms with Gasteiger partial charge in [0.1, 0.15) is 6.61 Å². The number of allylic oxidation sites excluding steroid dienone is 8. The van der Waals surface area contributed by atoms with E-state index >= 15 is 0 Å². The van der Waals surface area contributed by atoms with E-state index in [0.717, 1.165) is 32.1 Å². The fourth-order valence-corrected chi connectivity index (χ4v) is 7.11. The summed E-state index contributed by atoms with van der Waals surface area (Å²) in [5.41, 5.74) is 5.35. The van der Waals surface area contributed by atoms with E-state index in [2.05, 4.69) is 32.1 Å². The topological polar surface area (TPSA) is 155 Å². The number of carbonyl (C=O) groups excluding carboxylic acids is 2. The second kappa shape index (κ2) is 44.7. The van der Waals surface area contributed by atoms with E-state index in [9.17, 15) is 24.2 Å². The van der Waals surface area contributed by atoms with Crippen molar-refractivity contribution in [1.82, 2.24) is 0 Å². The van der Waals surface area contributed by atoms with E-state index in [1.807, 2.05) is 36.5 Å². The van der Waals surface area contributed by atoms with Gasteiger partial charge in [0.05, 0.1) is 19.3 Å². The number of aliphatic hydroxyl groups excluding tert-OH is 1. The van der Waals surface area contributed by atoms with E-state index in [0.29, 0.717) is 25.7 Å². The van der Waals surface area contributed by atoms with Gasteiger partial charge in [-0.1, -0.05) is 177 Å². The van der Waals surface area contributed by atoms with Gasteiger partial charge in [0.15, 0.2) is 6.10 Å². The number of unbranched alkanes of at least 4 members (excludes halogenated alkanes) is 21. The molecule has 0 aromatic heterocycles. The largest absolute Gasteiger partial charge is 0.472 e. The van der Waals surface area contributed by atoms with Crippen LogP contribution in [0.25, 0.3) is 0 Å². The van der Waals surface area contributed by atoms with Crippen molar-refractivity contribution in [3.63, 3.8) is 0 Å². The third-order valence-corrected chi connectivity index (χ3v) is 10.9.